The smallest absolute Gasteiger partial charge is 0.328 e. The van der Waals surface area contributed by atoms with Crippen molar-refractivity contribution in [3.8, 4) is 0 Å². The first-order chi connectivity index (χ1) is 40.1. The summed E-state index contributed by atoms with van der Waals surface area (Å²) in [6.07, 6.45) is 34.7. The van der Waals surface area contributed by atoms with Crippen molar-refractivity contribution in [2.75, 3.05) is 32.8 Å². The summed E-state index contributed by atoms with van der Waals surface area (Å²) in [7, 11) is 0. The summed E-state index contributed by atoms with van der Waals surface area (Å²) in [4.78, 5) is 60.6. The zero-order valence-electron chi connectivity index (χ0n) is 51.3. The van der Waals surface area contributed by atoms with E-state index in [0.717, 1.165) is 103 Å². The predicted octanol–water partition coefficient (Wildman–Crippen LogP) is 6.94. The molecule has 20 nitrogen and oxygen atoms in total. The number of carboxylic acid groups (broad SMARTS) is 1. The third-order valence-electron chi connectivity index (χ3n) is 15.9. The monoisotopic (exact) mass is 1190 g/mol. The van der Waals surface area contributed by atoms with Gasteiger partial charge in [-0.05, 0) is 25.7 Å². The summed E-state index contributed by atoms with van der Waals surface area (Å²) < 4.78 is 0. The summed E-state index contributed by atoms with van der Waals surface area (Å²) >= 11 is 0. The number of nitrogens with one attached hydrogen (secondary N) is 4. The zero-order valence-corrected chi connectivity index (χ0v) is 51.3. The van der Waals surface area contributed by atoms with E-state index in [1.54, 1.807) is 0 Å². The summed E-state index contributed by atoms with van der Waals surface area (Å²) in [6, 6.07) is -1.13. The Morgan fingerprint density at radius 3 is 0.759 bits per heavy atom. The Bertz CT molecular complexity index is 1550. The second kappa shape index (κ2) is 56.7. The fourth-order valence-electron chi connectivity index (χ4n) is 10.3. The number of carbonyl (C=O) groups excluding carboxylic acids is 4. The number of amides is 4. The van der Waals surface area contributed by atoms with E-state index < -0.39 is 85.9 Å². The van der Waals surface area contributed by atoms with Crippen LogP contribution in [0.4, 0.5) is 0 Å². The molecule has 490 valence electrons. The van der Waals surface area contributed by atoms with Gasteiger partial charge in [-0.15, -0.1) is 0 Å². The first-order valence-corrected chi connectivity index (χ1v) is 33.1. The number of rotatable bonds is 62. The minimum Gasteiger partial charge on any atom is -0.480 e. The summed E-state index contributed by atoms with van der Waals surface area (Å²) in [6.45, 7) is -1.01. The van der Waals surface area contributed by atoms with Crippen LogP contribution in [-0.2, 0) is 24.0 Å². The Kier molecular flexibility index (Phi) is 54.7. The average Bonchev–Trinajstić information content (AvgIpc) is 3.55. The van der Waals surface area contributed by atoms with Gasteiger partial charge in [0.15, 0.2) is 12.2 Å². The molecule has 83 heavy (non-hydrogen) atoms. The highest BCUT2D eigenvalue weighted by Crippen LogP contribution is 2.18. The number of aliphatic carboxylic acids is 1. The average molecular weight is 1190 g/mol. The van der Waals surface area contributed by atoms with E-state index in [4.69, 9.17) is 10.2 Å². The van der Waals surface area contributed by atoms with Gasteiger partial charge in [0, 0.05) is 32.5 Å². The van der Waals surface area contributed by atoms with Gasteiger partial charge in [0.05, 0.1) is 13.2 Å². The molecule has 1 unspecified atom stereocenters. The molecule has 0 bridgehead atoms. The van der Waals surface area contributed by atoms with Crippen LogP contribution in [0.1, 0.15) is 283 Å². The fourth-order valence-corrected chi connectivity index (χ4v) is 10.3. The van der Waals surface area contributed by atoms with Gasteiger partial charge in [0.1, 0.15) is 42.7 Å². The highest BCUT2D eigenvalue weighted by Gasteiger charge is 2.35. The van der Waals surface area contributed by atoms with Crippen LogP contribution in [0.25, 0.3) is 0 Å². The largest absolute Gasteiger partial charge is 0.480 e. The van der Waals surface area contributed by atoms with Crippen LogP contribution in [0, 0.1) is 0 Å². The van der Waals surface area contributed by atoms with Gasteiger partial charge in [-0.1, -0.05) is 244 Å². The molecule has 20 heteroatoms. The second-order valence-corrected chi connectivity index (χ2v) is 23.5. The quantitative estimate of drug-likeness (QED) is 0.0274. The Labute approximate surface area is 499 Å². The molecule has 0 heterocycles. The van der Waals surface area contributed by atoms with Gasteiger partial charge >= 0.3 is 5.97 Å². The SMILES string of the molecule is O=C(CCCCCCCCCCCCCCCCCCCCCCCNC(=O)[C@@H](O)[C@H](O)[C@@H](O)[C@H](O)CO)NCC(NC(=O)CCCCCCCCCCCCCCCCCCCCCCCNC(=O)[C@H](O)[C@@H](O)[C@H](O)[C@H](O)CO)C(=O)O. The number of carboxylic acids is 1. The molecule has 0 saturated heterocycles. The first kappa shape index (κ1) is 80.0. The van der Waals surface area contributed by atoms with E-state index in [0.29, 0.717) is 19.5 Å². The maximum Gasteiger partial charge on any atom is 0.328 e. The maximum absolute atomic E-state index is 12.5. The van der Waals surface area contributed by atoms with Crippen LogP contribution >= 0.6 is 0 Å². The van der Waals surface area contributed by atoms with Crippen molar-refractivity contribution in [2.24, 2.45) is 0 Å². The molecule has 0 aromatic rings. The minimum absolute atomic E-state index is 0.113. The van der Waals surface area contributed by atoms with Crippen molar-refractivity contribution in [1.29, 1.82) is 0 Å². The molecule has 0 radical (unpaired) electrons. The molecule has 0 rings (SSSR count). The normalized spacial score (nSPS) is 14.9. The molecular formula is C63H122N4O16. The summed E-state index contributed by atoms with van der Waals surface area (Å²) in [5, 5.41) is 115. The lowest BCUT2D eigenvalue weighted by Gasteiger charge is -2.24. The minimum atomic E-state index is -1.89. The van der Waals surface area contributed by atoms with Crippen molar-refractivity contribution in [1.82, 2.24) is 21.3 Å². The van der Waals surface area contributed by atoms with E-state index in [1.807, 2.05) is 0 Å². The van der Waals surface area contributed by atoms with Crippen LogP contribution in [0.3, 0.4) is 0 Å². The third kappa shape index (κ3) is 46.8. The highest BCUT2D eigenvalue weighted by atomic mass is 16.4. The molecule has 0 aromatic heterocycles. The third-order valence-corrected chi connectivity index (χ3v) is 15.9. The molecule has 4 amide bonds. The fraction of sp³-hybridized carbons (Fsp3) is 0.921. The number of carbonyl (C=O) groups is 5. The Morgan fingerprint density at radius 1 is 0.289 bits per heavy atom. The van der Waals surface area contributed by atoms with E-state index in [9.17, 15) is 69.9 Å². The van der Waals surface area contributed by atoms with Gasteiger partial charge in [-0.25, -0.2) is 4.79 Å². The lowest BCUT2D eigenvalue weighted by molar-refractivity contribution is -0.149. The lowest BCUT2D eigenvalue weighted by Crippen LogP contribution is -2.51. The standard InChI is InChI=1S/C63H122N4O16/c68-48-51(70)55(74)57(76)59(78)61(80)64-45-41-37-33-29-25-21-17-13-9-5-1-3-7-11-15-19-23-27-31-35-39-43-53(72)66-47-50(63(82)83)67-54(73)44-40-36-32-28-24-20-16-12-8-4-2-6-10-14-18-22-26-30-34-38-42-46-65-62(81)60(79)58(77)56(75)52(71)49-69/h50-52,55-60,68-71,74-79H,1-49H2,(H,64,80)(H,65,81)(H,66,72)(H,67,73)(H,82,83)/t50?,51-,52-,55+,56-,57-,58+,59+,60-/m1/s1. The number of hydrogen-bond acceptors (Lipinski definition) is 15. The van der Waals surface area contributed by atoms with E-state index in [1.165, 1.54) is 167 Å². The van der Waals surface area contributed by atoms with Crippen LogP contribution in [-0.4, -0.2) is 173 Å². The lowest BCUT2D eigenvalue weighted by atomic mass is 10.0. The van der Waals surface area contributed by atoms with Crippen molar-refractivity contribution in [3.05, 3.63) is 0 Å². The molecule has 0 aliphatic carbocycles. The van der Waals surface area contributed by atoms with Gasteiger partial charge in [0.25, 0.3) is 11.8 Å². The van der Waals surface area contributed by atoms with Gasteiger partial charge in [-0.3, -0.25) is 19.2 Å². The van der Waals surface area contributed by atoms with E-state index in [-0.39, 0.29) is 24.8 Å². The number of hydrogen-bond donors (Lipinski definition) is 15. The molecule has 9 atom stereocenters. The summed E-state index contributed by atoms with van der Waals surface area (Å²) in [5.74, 6) is -3.26. The maximum atomic E-state index is 12.5. The van der Waals surface area contributed by atoms with E-state index >= 15 is 0 Å². The van der Waals surface area contributed by atoms with Crippen LogP contribution in [0.2, 0.25) is 0 Å². The van der Waals surface area contributed by atoms with Crippen molar-refractivity contribution >= 4 is 29.6 Å². The number of unbranched alkanes of at least 4 members (excludes halogenated alkanes) is 40. The second-order valence-electron chi connectivity index (χ2n) is 23.5. The Balaban J connectivity index is 3.55. The number of aliphatic hydroxyl groups excluding tert-OH is 10. The van der Waals surface area contributed by atoms with Crippen LogP contribution in [0.15, 0.2) is 0 Å². The van der Waals surface area contributed by atoms with Gasteiger partial charge in [-0.2, -0.15) is 0 Å². The molecular weight excluding hydrogens is 1070 g/mol. The molecule has 0 saturated carbocycles. The van der Waals surface area contributed by atoms with Gasteiger partial charge < -0.3 is 77.4 Å². The number of aliphatic hydroxyl groups is 10. The van der Waals surface area contributed by atoms with Crippen molar-refractivity contribution < 1.29 is 80.1 Å². The Hall–Kier alpha value is -3.05. The predicted molar refractivity (Wildman–Crippen MR) is 324 cm³/mol. The van der Waals surface area contributed by atoms with Crippen LogP contribution < -0.4 is 21.3 Å². The topological polar surface area (TPSA) is 356 Å². The molecule has 0 aliphatic heterocycles. The van der Waals surface area contributed by atoms with E-state index in [2.05, 4.69) is 21.3 Å². The molecule has 0 aromatic carbocycles. The molecule has 0 fully saturated rings. The highest BCUT2D eigenvalue weighted by molar-refractivity contribution is 5.84. The van der Waals surface area contributed by atoms with Gasteiger partial charge in [0.2, 0.25) is 11.8 Å². The van der Waals surface area contributed by atoms with Crippen molar-refractivity contribution in [2.45, 2.75) is 337 Å². The van der Waals surface area contributed by atoms with Crippen molar-refractivity contribution in [3.63, 3.8) is 0 Å². The molecule has 0 spiro atoms. The first-order valence-electron chi connectivity index (χ1n) is 33.1. The van der Waals surface area contributed by atoms with Crippen LogP contribution in [0.5, 0.6) is 0 Å². The molecule has 15 N–H and O–H groups in total. The Morgan fingerprint density at radius 2 is 0.518 bits per heavy atom. The molecule has 0 aliphatic rings. The zero-order chi connectivity index (χ0) is 61.6. The summed E-state index contributed by atoms with van der Waals surface area (Å²) in [5.41, 5.74) is 0.